The lowest BCUT2D eigenvalue weighted by Gasteiger charge is -2.21. The predicted octanol–water partition coefficient (Wildman–Crippen LogP) is 25.1. The molecule has 0 rings (SSSR count). The van der Waals surface area contributed by atoms with Gasteiger partial charge in [-0.3, -0.25) is 37.3 Å². The molecule has 17 nitrogen and oxygen atoms in total. The molecule has 0 bridgehead atoms. The van der Waals surface area contributed by atoms with Crippen molar-refractivity contribution < 1.29 is 80.2 Å². The van der Waals surface area contributed by atoms with Gasteiger partial charge < -0.3 is 33.8 Å². The summed E-state index contributed by atoms with van der Waals surface area (Å²) in [5.74, 6) is -0.543. The maximum atomic E-state index is 13.1. The Morgan fingerprint density at radius 1 is 0.265 bits per heavy atom. The molecule has 0 aliphatic heterocycles. The van der Waals surface area contributed by atoms with E-state index in [9.17, 15) is 43.2 Å². The predicted molar refractivity (Wildman–Crippen MR) is 418 cm³/mol. The van der Waals surface area contributed by atoms with Crippen molar-refractivity contribution in [3.8, 4) is 0 Å². The van der Waals surface area contributed by atoms with Crippen molar-refractivity contribution in [3.63, 3.8) is 0 Å². The van der Waals surface area contributed by atoms with Crippen LogP contribution in [0.3, 0.4) is 0 Å². The zero-order valence-corrected chi connectivity index (χ0v) is 68.7. The van der Waals surface area contributed by atoms with Crippen molar-refractivity contribution in [1.29, 1.82) is 0 Å². The van der Waals surface area contributed by atoms with E-state index in [4.69, 9.17) is 37.0 Å². The molecule has 0 aromatic heterocycles. The molecule has 5 atom stereocenters. The highest BCUT2D eigenvalue weighted by atomic mass is 31.2. The van der Waals surface area contributed by atoms with Crippen molar-refractivity contribution in [2.75, 3.05) is 39.6 Å². The molecule has 0 aromatic rings. The van der Waals surface area contributed by atoms with Gasteiger partial charge in [0.25, 0.3) is 0 Å². The van der Waals surface area contributed by atoms with E-state index in [0.29, 0.717) is 25.7 Å². The number of phosphoric acid groups is 2. The summed E-state index contributed by atoms with van der Waals surface area (Å²) in [5, 5.41) is 10.7. The van der Waals surface area contributed by atoms with Crippen molar-refractivity contribution in [2.45, 2.75) is 458 Å². The molecule has 606 valence electrons. The minimum absolute atomic E-state index is 0.107. The lowest BCUT2D eigenvalue weighted by atomic mass is 10.0. The molecule has 2 unspecified atom stereocenters. The van der Waals surface area contributed by atoms with E-state index in [1.54, 1.807) is 0 Å². The van der Waals surface area contributed by atoms with Gasteiger partial charge in [-0.15, -0.1) is 0 Å². The van der Waals surface area contributed by atoms with Gasteiger partial charge in [-0.2, -0.15) is 0 Å². The quantitative estimate of drug-likeness (QED) is 0.0222. The van der Waals surface area contributed by atoms with E-state index < -0.39 is 97.5 Å². The maximum absolute atomic E-state index is 13.1. The summed E-state index contributed by atoms with van der Waals surface area (Å²) in [6.07, 6.45) is 65.1. The summed E-state index contributed by atoms with van der Waals surface area (Å²) in [6.45, 7) is 9.68. The monoisotopic (exact) mass is 1490 g/mol. The van der Waals surface area contributed by atoms with Gasteiger partial charge in [-0.1, -0.05) is 388 Å². The zero-order valence-electron chi connectivity index (χ0n) is 66.9. The zero-order chi connectivity index (χ0) is 74.9. The van der Waals surface area contributed by atoms with Crippen molar-refractivity contribution in [1.82, 2.24) is 0 Å². The Kier molecular flexibility index (Phi) is 73.1. The third-order valence-corrected chi connectivity index (χ3v) is 21.4. The summed E-state index contributed by atoms with van der Waals surface area (Å²) >= 11 is 0. The van der Waals surface area contributed by atoms with E-state index in [1.165, 1.54) is 257 Å². The van der Waals surface area contributed by atoms with E-state index in [0.717, 1.165) is 102 Å². The van der Waals surface area contributed by atoms with Gasteiger partial charge in [0.1, 0.15) is 19.3 Å². The first-order valence-corrected chi connectivity index (χ1v) is 46.0. The molecule has 3 N–H and O–H groups in total. The Morgan fingerprint density at radius 3 is 0.667 bits per heavy atom. The first-order valence-electron chi connectivity index (χ1n) is 43.0. The molecule has 0 aliphatic carbocycles. The molecular formula is C83H162O17P2. The molecule has 0 fully saturated rings. The Labute approximate surface area is 626 Å². The van der Waals surface area contributed by atoms with Crippen LogP contribution in [0.25, 0.3) is 0 Å². The van der Waals surface area contributed by atoms with Crippen molar-refractivity contribution in [3.05, 3.63) is 0 Å². The Bertz CT molecular complexity index is 1960. The van der Waals surface area contributed by atoms with Crippen LogP contribution in [0.4, 0.5) is 0 Å². The molecule has 0 saturated carbocycles. The van der Waals surface area contributed by atoms with E-state index in [-0.39, 0.29) is 25.7 Å². The number of ether oxygens (including phenoxy) is 4. The Balaban J connectivity index is 5.26. The van der Waals surface area contributed by atoms with Crippen molar-refractivity contribution >= 4 is 39.5 Å². The minimum atomic E-state index is -4.96. The molecule has 0 heterocycles. The van der Waals surface area contributed by atoms with Crippen LogP contribution in [0, 0.1) is 11.8 Å². The molecular weight excluding hydrogens is 1330 g/mol. The van der Waals surface area contributed by atoms with E-state index >= 15 is 0 Å². The van der Waals surface area contributed by atoms with Gasteiger partial charge in [0.05, 0.1) is 26.4 Å². The molecule has 0 saturated heterocycles. The molecule has 0 amide bonds. The summed E-state index contributed by atoms with van der Waals surface area (Å²) in [4.78, 5) is 73.1. The molecule has 0 radical (unpaired) electrons. The number of phosphoric ester groups is 2. The summed E-state index contributed by atoms with van der Waals surface area (Å²) in [7, 11) is -9.92. The van der Waals surface area contributed by atoms with E-state index in [2.05, 4.69) is 41.5 Å². The summed E-state index contributed by atoms with van der Waals surface area (Å²) in [6, 6.07) is 0. The molecule has 0 aliphatic rings. The molecule has 0 aromatic carbocycles. The van der Waals surface area contributed by atoms with Gasteiger partial charge >= 0.3 is 39.5 Å². The average molecular weight is 1490 g/mol. The number of hydrogen-bond acceptors (Lipinski definition) is 15. The molecule has 19 heteroatoms. The number of rotatable bonds is 82. The largest absolute Gasteiger partial charge is 0.472 e. The first kappa shape index (κ1) is 100. The summed E-state index contributed by atoms with van der Waals surface area (Å²) < 4.78 is 68.8. The standard InChI is InChI=1S/C83H162O17P2/c1-7-9-11-13-15-17-19-21-22-23-27-31-35-42-48-54-60-66-81(86)94-71-78(99-82(87)67-61-55-49-43-36-32-28-25-24-26-30-33-39-45-51-57-63-75(3)4)73-97-101(89,90)95-69-77(84)70-96-102(91,92)98-74-79(100-83(88)68-62-56-50-44-38-37-40-46-52-58-64-76(5)6)72-93-80(85)65-59-53-47-41-34-29-20-18-16-14-12-10-8-2/h75-79,84H,7-74H2,1-6H3,(H,89,90)(H,91,92)/t77-,78-,79-/m1/s1. The minimum Gasteiger partial charge on any atom is -0.462 e. The lowest BCUT2D eigenvalue weighted by Crippen LogP contribution is -2.30. The van der Waals surface area contributed by atoms with Crippen molar-refractivity contribution in [2.24, 2.45) is 11.8 Å². The Hall–Kier alpha value is -1.94. The second kappa shape index (κ2) is 74.5. The van der Waals surface area contributed by atoms with Crippen LogP contribution in [0.5, 0.6) is 0 Å². The van der Waals surface area contributed by atoms with Crippen LogP contribution in [-0.2, 0) is 65.4 Å². The van der Waals surface area contributed by atoms with Crippen LogP contribution >= 0.6 is 15.6 Å². The van der Waals surface area contributed by atoms with Crippen LogP contribution in [0.2, 0.25) is 0 Å². The number of hydrogen-bond donors (Lipinski definition) is 3. The SMILES string of the molecule is CCCCCCCCCCCCCCCCCCCC(=O)OC[C@H](COP(=O)(O)OC[C@@H](O)COP(=O)(O)OC[C@@H](COC(=O)CCCCCCCCCCCCCCC)OC(=O)CCCCCCCCCCCCC(C)C)OC(=O)CCCCCCCCCCCCCCCCCCC(C)C. The third-order valence-electron chi connectivity index (χ3n) is 19.5. The highest BCUT2D eigenvalue weighted by molar-refractivity contribution is 7.47. The maximum Gasteiger partial charge on any atom is 0.472 e. The second-order valence-electron chi connectivity index (χ2n) is 30.8. The Morgan fingerprint density at radius 2 is 0.451 bits per heavy atom. The van der Waals surface area contributed by atoms with Gasteiger partial charge in [0.15, 0.2) is 12.2 Å². The van der Waals surface area contributed by atoms with E-state index in [1.807, 2.05) is 0 Å². The first-order chi connectivity index (χ1) is 49.4. The normalized spacial score (nSPS) is 13.9. The van der Waals surface area contributed by atoms with Crippen LogP contribution < -0.4 is 0 Å². The number of carbonyl (C=O) groups is 4. The molecule has 102 heavy (non-hydrogen) atoms. The van der Waals surface area contributed by atoms with Crippen LogP contribution in [-0.4, -0.2) is 96.7 Å². The van der Waals surface area contributed by atoms with Gasteiger partial charge in [-0.05, 0) is 37.5 Å². The fourth-order valence-corrected chi connectivity index (χ4v) is 14.5. The van der Waals surface area contributed by atoms with Crippen LogP contribution in [0.15, 0.2) is 0 Å². The number of aliphatic hydroxyl groups is 1. The average Bonchev–Trinajstić information content (AvgIpc) is 1.03. The highest BCUT2D eigenvalue weighted by Crippen LogP contribution is 2.45. The van der Waals surface area contributed by atoms with Crippen LogP contribution in [0.1, 0.15) is 440 Å². The fourth-order valence-electron chi connectivity index (χ4n) is 12.9. The highest BCUT2D eigenvalue weighted by Gasteiger charge is 2.30. The molecule has 0 spiro atoms. The number of esters is 4. The van der Waals surface area contributed by atoms with Gasteiger partial charge in [0, 0.05) is 25.7 Å². The summed E-state index contributed by atoms with van der Waals surface area (Å²) in [5.41, 5.74) is 0. The second-order valence-corrected chi connectivity index (χ2v) is 33.7. The fraction of sp³-hybridized carbons (Fsp3) is 0.952. The smallest absolute Gasteiger partial charge is 0.462 e. The number of aliphatic hydroxyl groups excluding tert-OH is 1. The third kappa shape index (κ3) is 76.3. The number of carbonyl (C=O) groups excluding carboxylic acids is 4. The topological polar surface area (TPSA) is 237 Å². The van der Waals surface area contributed by atoms with Gasteiger partial charge in [-0.25, -0.2) is 9.13 Å². The van der Waals surface area contributed by atoms with Gasteiger partial charge in [0.2, 0.25) is 0 Å². The number of unbranched alkanes of at least 4 members (excludes halogenated alkanes) is 52. The lowest BCUT2D eigenvalue weighted by molar-refractivity contribution is -0.161.